The molecule has 21 heavy (non-hydrogen) atoms. The van der Waals surface area contributed by atoms with Crippen LogP contribution in [-0.4, -0.2) is 0 Å². The SMILES string of the molecule is c1ccc(COc2cccc(Oc3ccccc3)c2)cc1. The highest BCUT2D eigenvalue weighted by atomic mass is 16.5. The maximum Gasteiger partial charge on any atom is 0.131 e. The van der Waals surface area contributed by atoms with E-state index in [1.165, 1.54) is 0 Å². The molecule has 0 aromatic heterocycles. The molecule has 0 aliphatic carbocycles. The van der Waals surface area contributed by atoms with E-state index in [-0.39, 0.29) is 0 Å². The number of rotatable bonds is 5. The van der Waals surface area contributed by atoms with Crippen LogP contribution in [0.15, 0.2) is 84.9 Å². The fourth-order valence-electron chi connectivity index (χ4n) is 1.99. The van der Waals surface area contributed by atoms with E-state index in [0.29, 0.717) is 6.61 Å². The summed E-state index contributed by atoms with van der Waals surface area (Å²) in [5.74, 6) is 2.39. The van der Waals surface area contributed by atoms with Gasteiger partial charge in [0.1, 0.15) is 23.9 Å². The van der Waals surface area contributed by atoms with Crippen LogP contribution in [0.1, 0.15) is 5.56 Å². The first-order valence-corrected chi connectivity index (χ1v) is 6.90. The maximum atomic E-state index is 5.79. The lowest BCUT2D eigenvalue weighted by Gasteiger charge is -2.09. The van der Waals surface area contributed by atoms with E-state index in [1.807, 2.05) is 84.9 Å². The van der Waals surface area contributed by atoms with Gasteiger partial charge in [-0.25, -0.2) is 0 Å². The molecule has 0 aliphatic heterocycles. The molecule has 0 unspecified atom stereocenters. The van der Waals surface area contributed by atoms with Gasteiger partial charge in [-0.05, 0) is 29.8 Å². The first kappa shape index (κ1) is 13.3. The number of hydrogen-bond acceptors (Lipinski definition) is 2. The minimum absolute atomic E-state index is 0.551. The first-order valence-electron chi connectivity index (χ1n) is 6.90. The van der Waals surface area contributed by atoms with Crippen molar-refractivity contribution in [2.75, 3.05) is 0 Å². The van der Waals surface area contributed by atoms with Crippen LogP contribution in [0.25, 0.3) is 0 Å². The van der Waals surface area contributed by atoms with Gasteiger partial charge in [0.05, 0.1) is 0 Å². The summed E-state index contributed by atoms with van der Waals surface area (Å²) in [6.07, 6.45) is 0. The Hall–Kier alpha value is -2.74. The zero-order valence-electron chi connectivity index (χ0n) is 11.6. The van der Waals surface area contributed by atoms with Crippen molar-refractivity contribution < 1.29 is 9.47 Å². The van der Waals surface area contributed by atoms with Crippen molar-refractivity contribution in [2.45, 2.75) is 6.61 Å². The van der Waals surface area contributed by atoms with Crippen molar-refractivity contribution in [3.05, 3.63) is 90.5 Å². The van der Waals surface area contributed by atoms with Crippen LogP contribution in [0.2, 0.25) is 0 Å². The Morgan fingerprint density at radius 3 is 1.95 bits per heavy atom. The van der Waals surface area contributed by atoms with Gasteiger partial charge in [-0.15, -0.1) is 0 Å². The molecule has 0 fully saturated rings. The van der Waals surface area contributed by atoms with Crippen LogP contribution in [0, 0.1) is 0 Å². The van der Waals surface area contributed by atoms with E-state index >= 15 is 0 Å². The molecule has 0 spiro atoms. The van der Waals surface area contributed by atoms with E-state index in [2.05, 4.69) is 0 Å². The zero-order valence-corrected chi connectivity index (χ0v) is 11.6. The van der Waals surface area contributed by atoms with Gasteiger partial charge >= 0.3 is 0 Å². The van der Waals surface area contributed by atoms with Crippen molar-refractivity contribution in [2.24, 2.45) is 0 Å². The Balaban J connectivity index is 1.66. The van der Waals surface area contributed by atoms with Crippen molar-refractivity contribution in [3.63, 3.8) is 0 Å². The minimum Gasteiger partial charge on any atom is -0.489 e. The highest BCUT2D eigenvalue weighted by Crippen LogP contribution is 2.25. The molecule has 0 heterocycles. The zero-order chi connectivity index (χ0) is 14.3. The van der Waals surface area contributed by atoms with Crippen LogP contribution < -0.4 is 9.47 Å². The van der Waals surface area contributed by atoms with E-state index in [0.717, 1.165) is 22.8 Å². The summed E-state index contributed by atoms with van der Waals surface area (Å²) in [6.45, 7) is 0.551. The van der Waals surface area contributed by atoms with E-state index in [9.17, 15) is 0 Å². The largest absolute Gasteiger partial charge is 0.489 e. The summed E-state index contributed by atoms with van der Waals surface area (Å²) in [4.78, 5) is 0. The van der Waals surface area contributed by atoms with Gasteiger partial charge < -0.3 is 9.47 Å². The Morgan fingerprint density at radius 2 is 1.19 bits per heavy atom. The smallest absolute Gasteiger partial charge is 0.131 e. The number of hydrogen-bond donors (Lipinski definition) is 0. The quantitative estimate of drug-likeness (QED) is 0.648. The van der Waals surface area contributed by atoms with Crippen LogP contribution in [0.5, 0.6) is 17.2 Å². The van der Waals surface area contributed by atoms with Gasteiger partial charge in [0.25, 0.3) is 0 Å². The van der Waals surface area contributed by atoms with Crippen molar-refractivity contribution in [1.82, 2.24) is 0 Å². The van der Waals surface area contributed by atoms with Gasteiger partial charge in [-0.1, -0.05) is 54.6 Å². The fraction of sp³-hybridized carbons (Fsp3) is 0.0526. The summed E-state index contributed by atoms with van der Waals surface area (Å²) >= 11 is 0. The molecule has 0 saturated heterocycles. The lowest BCUT2D eigenvalue weighted by atomic mass is 10.2. The third-order valence-electron chi connectivity index (χ3n) is 3.03. The normalized spacial score (nSPS) is 10.1. The molecule has 0 N–H and O–H groups in total. The average molecular weight is 276 g/mol. The summed E-state index contributed by atoms with van der Waals surface area (Å²) in [7, 11) is 0. The molecule has 0 bridgehead atoms. The summed E-state index contributed by atoms with van der Waals surface area (Å²) in [5, 5.41) is 0. The van der Waals surface area contributed by atoms with Gasteiger partial charge in [-0.2, -0.15) is 0 Å². The first-order chi connectivity index (χ1) is 10.4. The highest BCUT2D eigenvalue weighted by molar-refractivity contribution is 5.36. The lowest BCUT2D eigenvalue weighted by molar-refractivity contribution is 0.304. The van der Waals surface area contributed by atoms with Crippen molar-refractivity contribution >= 4 is 0 Å². The lowest BCUT2D eigenvalue weighted by Crippen LogP contribution is -1.95. The molecule has 0 radical (unpaired) electrons. The molecule has 104 valence electrons. The molecule has 2 nitrogen and oxygen atoms in total. The molecule has 3 rings (SSSR count). The van der Waals surface area contributed by atoms with Gasteiger partial charge in [0, 0.05) is 6.07 Å². The van der Waals surface area contributed by atoms with Crippen LogP contribution in [-0.2, 0) is 6.61 Å². The Bertz CT molecular complexity index is 678. The van der Waals surface area contributed by atoms with Gasteiger partial charge in [-0.3, -0.25) is 0 Å². The van der Waals surface area contributed by atoms with Crippen molar-refractivity contribution in [3.8, 4) is 17.2 Å². The molecule has 0 atom stereocenters. The average Bonchev–Trinajstić information content (AvgIpc) is 2.55. The standard InChI is InChI=1S/C19H16O2/c1-3-8-16(9-4-1)15-20-18-12-7-13-19(14-18)21-17-10-5-2-6-11-17/h1-14H,15H2. The summed E-state index contributed by atoms with van der Waals surface area (Å²) in [6, 6.07) is 27.5. The number of para-hydroxylation sites is 1. The predicted molar refractivity (Wildman–Crippen MR) is 83.7 cm³/mol. The number of ether oxygens (including phenoxy) is 2. The van der Waals surface area contributed by atoms with Crippen LogP contribution in [0.4, 0.5) is 0 Å². The second-order valence-corrected chi connectivity index (χ2v) is 4.66. The predicted octanol–water partition coefficient (Wildman–Crippen LogP) is 5.06. The summed E-state index contributed by atoms with van der Waals surface area (Å²) < 4.78 is 11.6. The third kappa shape index (κ3) is 3.86. The second-order valence-electron chi connectivity index (χ2n) is 4.66. The molecule has 0 saturated carbocycles. The van der Waals surface area contributed by atoms with E-state index in [1.54, 1.807) is 0 Å². The second kappa shape index (κ2) is 6.62. The fourth-order valence-corrected chi connectivity index (χ4v) is 1.99. The van der Waals surface area contributed by atoms with Gasteiger partial charge in [0.2, 0.25) is 0 Å². The molecule has 0 aliphatic rings. The third-order valence-corrected chi connectivity index (χ3v) is 3.03. The van der Waals surface area contributed by atoms with E-state index in [4.69, 9.17) is 9.47 Å². The van der Waals surface area contributed by atoms with Crippen LogP contribution in [0.3, 0.4) is 0 Å². The Labute approximate surface area is 124 Å². The van der Waals surface area contributed by atoms with E-state index < -0.39 is 0 Å². The van der Waals surface area contributed by atoms with Gasteiger partial charge in [0.15, 0.2) is 0 Å². The maximum absolute atomic E-state index is 5.79. The highest BCUT2D eigenvalue weighted by Gasteiger charge is 2.00. The summed E-state index contributed by atoms with van der Waals surface area (Å²) in [5.41, 5.74) is 1.15. The van der Waals surface area contributed by atoms with Crippen LogP contribution >= 0.6 is 0 Å². The molecule has 3 aromatic rings. The molecular formula is C19H16O2. The van der Waals surface area contributed by atoms with Crippen molar-refractivity contribution in [1.29, 1.82) is 0 Å². The minimum atomic E-state index is 0.551. The topological polar surface area (TPSA) is 18.5 Å². The molecular weight excluding hydrogens is 260 g/mol. The number of benzene rings is 3. The Kier molecular flexibility index (Phi) is 4.18. The molecule has 2 heteroatoms. The monoisotopic (exact) mass is 276 g/mol. The molecule has 0 amide bonds. The Morgan fingerprint density at radius 1 is 0.571 bits per heavy atom. The molecule has 3 aromatic carbocycles.